The summed E-state index contributed by atoms with van der Waals surface area (Å²) in [7, 11) is 3.03. The Morgan fingerprint density at radius 2 is 1.68 bits per heavy atom. The van der Waals surface area contributed by atoms with Gasteiger partial charge in [0.15, 0.2) is 5.96 Å². The lowest BCUT2D eigenvalue weighted by Crippen LogP contribution is -2.36. The van der Waals surface area contributed by atoms with Gasteiger partial charge in [0.2, 0.25) is 10.0 Å². The number of methoxy groups -OCH3 is 2. The molecule has 0 saturated carbocycles. The average molecular weight is 449 g/mol. The second-order valence-electron chi connectivity index (χ2n) is 7.22. The lowest BCUT2D eigenvalue weighted by atomic mass is 10.2. The van der Waals surface area contributed by atoms with Crippen LogP contribution in [0.3, 0.4) is 0 Å². The van der Waals surface area contributed by atoms with Crippen molar-refractivity contribution in [3.63, 3.8) is 0 Å². The van der Waals surface area contributed by atoms with E-state index in [4.69, 9.17) is 9.47 Å². The van der Waals surface area contributed by atoms with Crippen LogP contribution in [0.5, 0.6) is 11.5 Å². The van der Waals surface area contributed by atoms with Crippen LogP contribution in [0.4, 0.5) is 0 Å². The molecule has 0 spiro atoms. The second kappa shape index (κ2) is 11.0. The molecule has 9 heteroatoms. The van der Waals surface area contributed by atoms with Crippen LogP contribution in [0.1, 0.15) is 25.0 Å². The number of nitrogens with zero attached hydrogens (tertiary/aromatic N) is 2. The normalized spacial score (nSPS) is 12.2. The number of aliphatic imine (C=N–C) groups is 1. The van der Waals surface area contributed by atoms with Gasteiger partial charge in [-0.1, -0.05) is 12.1 Å². The van der Waals surface area contributed by atoms with E-state index in [0.717, 1.165) is 22.6 Å². The van der Waals surface area contributed by atoms with Crippen molar-refractivity contribution in [3.05, 3.63) is 53.6 Å². The Balaban J connectivity index is 1.97. The first-order valence-electron chi connectivity index (χ1n) is 9.95. The summed E-state index contributed by atoms with van der Waals surface area (Å²) in [6.07, 6.45) is 0. The highest BCUT2D eigenvalue weighted by molar-refractivity contribution is 7.89. The topological polar surface area (TPSA) is 92.3 Å². The number of benzene rings is 2. The third-order valence-corrected chi connectivity index (χ3v) is 7.00. The quantitative estimate of drug-likeness (QED) is 0.453. The fourth-order valence-corrected chi connectivity index (χ4v) is 4.17. The lowest BCUT2D eigenvalue weighted by molar-refractivity contribution is 0.390. The maximum atomic E-state index is 12.6. The van der Waals surface area contributed by atoms with E-state index in [9.17, 15) is 8.42 Å². The van der Waals surface area contributed by atoms with Gasteiger partial charge in [0.05, 0.1) is 19.1 Å². The van der Waals surface area contributed by atoms with Crippen molar-refractivity contribution < 1.29 is 17.9 Å². The summed E-state index contributed by atoms with van der Waals surface area (Å²) in [5, 5.41) is 6.48. The number of rotatable bonds is 9. The molecule has 170 valence electrons. The van der Waals surface area contributed by atoms with Crippen LogP contribution in [-0.4, -0.2) is 53.0 Å². The van der Waals surface area contributed by atoms with Crippen molar-refractivity contribution in [3.8, 4) is 11.5 Å². The van der Waals surface area contributed by atoms with E-state index in [1.165, 1.54) is 4.31 Å². The molecule has 0 heterocycles. The van der Waals surface area contributed by atoms with E-state index >= 15 is 0 Å². The van der Waals surface area contributed by atoms with Crippen LogP contribution in [0.2, 0.25) is 0 Å². The number of guanidine groups is 1. The highest BCUT2D eigenvalue weighted by atomic mass is 32.2. The van der Waals surface area contributed by atoms with Crippen LogP contribution < -0.4 is 20.1 Å². The summed E-state index contributed by atoms with van der Waals surface area (Å²) in [6, 6.07) is 12.4. The van der Waals surface area contributed by atoms with Gasteiger partial charge in [-0.15, -0.1) is 0 Å². The van der Waals surface area contributed by atoms with Gasteiger partial charge in [-0.05, 0) is 43.7 Å². The fraction of sp³-hybridized carbons (Fsp3) is 0.409. The summed E-state index contributed by atoms with van der Waals surface area (Å²) < 4.78 is 37.1. The number of nitrogens with one attached hydrogen (secondary N) is 2. The maximum absolute atomic E-state index is 12.6. The third kappa shape index (κ3) is 6.35. The highest BCUT2D eigenvalue weighted by Gasteiger charge is 2.22. The van der Waals surface area contributed by atoms with Crippen LogP contribution in [0, 0.1) is 0 Å². The van der Waals surface area contributed by atoms with Crippen molar-refractivity contribution in [1.82, 2.24) is 14.9 Å². The third-order valence-electron chi connectivity index (χ3n) is 4.95. The van der Waals surface area contributed by atoms with E-state index in [2.05, 4.69) is 15.6 Å². The average Bonchev–Trinajstić information content (AvgIpc) is 2.78. The molecule has 8 nitrogen and oxygen atoms in total. The molecule has 0 bridgehead atoms. The molecule has 0 amide bonds. The van der Waals surface area contributed by atoms with Crippen molar-refractivity contribution in [2.75, 3.05) is 28.3 Å². The Labute approximate surface area is 185 Å². The van der Waals surface area contributed by atoms with E-state index < -0.39 is 10.0 Å². The first kappa shape index (κ1) is 24.5. The van der Waals surface area contributed by atoms with E-state index in [-0.39, 0.29) is 10.9 Å². The van der Waals surface area contributed by atoms with Crippen LogP contribution in [0.15, 0.2) is 52.4 Å². The number of sulfonamides is 1. The lowest BCUT2D eigenvalue weighted by Gasteiger charge is -2.21. The first-order valence-corrected chi connectivity index (χ1v) is 11.4. The summed E-state index contributed by atoms with van der Waals surface area (Å²) in [5.41, 5.74) is 1.91. The van der Waals surface area contributed by atoms with Gasteiger partial charge in [-0.25, -0.2) is 8.42 Å². The molecule has 0 unspecified atom stereocenters. The molecule has 0 fully saturated rings. The van der Waals surface area contributed by atoms with Gasteiger partial charge < -0.3 is 20.1 Å². The van der Waals surface area contributed by atoms with Crippen molar-refractivity contribution >= 4 is 16.0 Å². The van der Waals surface area contributed by atoms with Crippen molar-refractivity contribution in [1.29, 1.82) is 0 Å². The molecule has 0 atom stereocenters. The molecule has 0 aliphatic carbocycles. The Bertz CT molecular complexity index is 989. The van der Waals surface area contributed by atoms with Gasteiger partial charge in [0.1, 0.15) is 11.5 Å². The summed E-state index contributed by atoms with van der Waals surface area (Å²) in [4.78, 5) is 4.51. The Morgan fingerprint density at radius 3 is 2.23 bits per heavy atom. The zero-order valence-electron chi connectivity index (χ0n) is 19.0. The van der Waals surface area contributed by atoms with Gasteiger partial charge in [0.25, 0.3) is 0 Å². The molecule has 0 saturated heterocycles. The molecule has 2 aromatic rings. The van der Waals surface area contributed by atoms with Crippen molar-refractivity contribution in [2.45, 2.75) is 37.9 Å². The molecule has 2 rings (SSSR count). The second-order valence-corrected chi connectivity index (χ2v) is 9.21. The highest BCUT2D eigenvalue weighted by Crippen LogP contribution is 2.24. The Morgan fingerprint density at radius 1 is 1.03 bits per heavy atom. The Kier molecular flexibility index (Phi) is 8.70. The zero-order chi connectivity index (χ0) is 23.0. The van der Waals surface area contributed by atoms with Crippen LogP contribution in [0.25, 0.3) is 0 Å². The monoisotopic (exact) mass is 448 g/mol. The Hall–Kier alpha value is -2.78. The first-order chi connectivity index (χ1) is 14.7. The SMILES string of the molecule is CN=C(NCc1ccc(S(=O)(=O)N(C)C(C)C)cc1)NCc1ccc(OC)cc1OC. The molecule has 0 aliphatic heterocycles. The molecular formula is C22H32N4O4S. The van der Waals surface area contributed by atoms with E-state index in [1.54, 1.807) is 52.6 Å². The molecule has 2 aromatic carbocycles. The molecule has 0 radical (unpaired) electrons. The summed E-state index contributed by atoms with van der Waals surface area (Å²) >= 11 is 0. The van der Waals surface area contributed by atoms with Crippen LogP contribution in [-0.2, 0) is 23.1 Å². The van der Waals surface area contributed by atoms with Gasteiger partial charge >= 0.3 is 0 Å². The predicted octanol–water partition coefficient (Wildman–Crippen LogP) is 2.60. The van der Waals surface area contributed by atoms with E-state index in [1.807, 2.05) is 32.0 Å². The van der Waals surface area contributed by atoms with Gasteiger partial charge in [-0.2, -0.15) is 4.31 Å². The molecule has 0 aromatic heterocycles. The fourth-order valence-electron chi connectivity index (χ4n) is 2.81. The zero-order valence-corrected chi connectivity index (χ0v) is 19.8. The van der Waals surface area contributed by atoms with Gasteiger partial charge in [-0.3, -0.25) is 4.99 Å². The van der Waals surface area contributed by atoms with Gasteiger partial charge in [0, 0.05) is 44.9 Å². The molecule has 0 aliphatic rings. The molecule has 2 N–H and O–H groups in total. The molecular weight excluding hydrogens is 416 g/mol. The number of ether oxygens (including phenoxy) is 2. The number of hydrogen-bond acceptors (Lipinski definition) is 5. The minimum Gasteiger partial charge on any atom is -0.497 e. The standard InChI is InChI=1S/C22H32N4O4S/c1-16(2)26(4)31(27,28)20-11-7-17(8-12-20)14-24-22(23-3)25-15-18-9-10-19(29-5)13-21(18)30-6/h7-13,16H,14-15H2,1-6H3,(H2,23,24,25). The largest absolute Gasteiger partial charge is 0.497 e. The molecule has 31 heavy (non-hydrogen) atoms. The minimum atomic E-state index is -3.49. The maximum Gasteiger partial charge on any atom is 0.243 e. The van der Waals surface area contributed by atoms with E-state index in [0.29, 0.717) is 19.0 Å². The number of hydrogen-bond donors (Lipinski definition) is 2. The van der Waals surface area contributed by atoms with Crippen molar-refractivity contribution in [2.24, 2.45) is 4.99 Å². The summed E-state index contributed by atoms with van der Waals surface area (Å²) in [6.45, 7) is 4.71. The summed E-state index contributed by atoms with van der Waals surface area (Å²) in [5.74, 6) is 2.08. The smallest absolute Gasteiger partial charge is 0.243 e. The van der Waals surface area contributed by atoms with Crippen LogP contribution >= 0.6 is 0 Å². The predicted molar refractivity (Wildman–Crippen MR) is 123 cm³/mol. The minimum absolute atomic E-state index is 0.106.